The van der Waals surface area contributed by atoms with E-state index in [9.17, 15) is 10.5 Å². The lowest BCUT2D eigenvalue weighted by molar-refractivity contribution is 0.584. The van der Waals surface area contributed by atoms with Crippen molar-refractivity contribution in [1.82, 2.24) is 0 Å². The van der Waals surface area contributed by atoms with E-state index in [4.69, 9.17) is 0 Å². The standard InChI is InChI=1S/C37H30N4/c38-22-24-18-19-35-31(20-24)37-28(12-6-17-36(37)41(35)32-14-3-1-8-26(32)23-39)25-9-5-10-27(21-25)40-33-15-4-2-11-29(33)30-13-7-16-34(30)40/h1-3,5-6,8-12,14,17-21,30-31,34-35H,4,7,13,15-16H2. The van der Waals surface area contributed by atoms with Crippen LogP contribution in [0.2, 0.25) is 0 Å². The summed E-state index contributed by atoms with van der Waals surface area (Å²) in [6, 6.07) is 28.8. The normalized spacial score (nSPS) is 25.3. The lowest BCUT2D eigenvalue weighted by atomic mass is 9.84. The number of anilines is 3. The van der Waals surface area contributed by atoms with Gasteiger partial charge in [-0.2, -0.15) is 10.5 Å². The Labute approximate surface area is 241 Å². The molecule has 4 atom stereocenters. The zero-order valence-corrected chi connectivity index (χ0v) is 22.9. The van der Waals surface area contributed by atoms with E-state index in [1.165, 1.54) is 47.3 Å². The summed E-state index contributed by atoms with van der Waals surface area (Å²) in [5.41, 5.74) is 11.3. The van der Waals surface area contributed by atoms with Crippen LogP contribution in [0.15, 0.2) is 114 Å². The van der Waals surface area contributed by atoms with Crippen LogP contribution in [0.5, 0.6) is 0 Å². The van der Waals surface area contributed by atoms with Crippen molar-refractivity contribution in [1.29, 1.82) is 10.5 Å². The Kier molecular flexibility index (Phi) is 5.51. The molecule has 0 saturated heterocycles. The zero-order valence-electron chi connectivity index (χ0n) is 22.9. The first-order valence-electron chi connectivity index (χ1n) is 14.8. The molecule has 0 bridgehead atoms. The minimum atomic E-state index is 0.000464. The lowest BCUT2D eigenvalue weighted by Gasteiger charge is -2.30. The van der Waals surface area contributed by atoms with Crippen molar-refractivity contribution in [2.75, 3.05) is 9.80 Å². The minimum absolute atomic E-state index is 0.000464. The number of para-hydroxylation sites is 1. The van der Waals surface area contributed by atoms with Gasteiger partial charge in [-0.1, -0.05) is 67.1 Å². The Balaban J connectivity index is 1.28. The first-order valence-corrected chi connectivity index (χ1v) is 14.8. The van der Waals surface area contributed by atoms with Crippen LogP contribution in [0, 0.1) is 28.6 Å². The average Bonchev–Trinajstić information content (AvgIpc) is 3.72. The molecule has 0 spiro atoms. The molecule has 3 aromatic rings. The van der Waals surface area contributed by atoms with Crippen LogP contribution < -0.4 is 9.80 Å². The summed E-state index contributed by atoms with van der Waals surface area (Å²) in [5, 5.41) is 19.8. The number of nitrogens with zero attached hydrogens (tertiary/aromatic N) is 4. The number of rotatable bonds is 3. The van der Waals surface area contributed by atoms with Crippen LogP contribution in [0.25, 0.3) is 11.1 Å². The summed E-state index contributed by atoms with van der Waals surface area (Å²) < 4.78 is 0. The molecule has 0 N–H and O–H groups in total. The van der Waals surface area contributed by atoms with E-state index in [1.807, 2.05) is 30.3 Å². The van der Waals surface area contributed by atoms with E-state index in [1.54, 1.807) is 5.57 Å². The molecule has 5 aliphatic rings. The zero-order chi connectivity index (χ0) is 27.5. The van der Waals surface area contributed by atoms with E-state index < -0.39 is 0 Å². The van der Waals surface area contributed by atoms with Crippen LogP contribution in [0.1, 0.15) is 49.1 Å². The highest BCUT2D eigenvalue weighted by atomic mass is 15.2. The Morgan fingerprint density at radius 2 is 1.71 bits per heavy atom. The van der Waals surface area contributed by atoms with Crippen molar-refractivity contribution < 1.29 is 0 Å². The fraction of sp³-hybridized carbons (Fsp3) is 0.243. The van der Waals surface area contributed by atoms with E-state index in [0.29, 0.717) is 23.1 Å². The Morgan fingerprint density at radius 3 is 2.61 bits per heavy atom. The second kappa shape index (κ2) is 9.39. The molecule has 8 rings (SSSR count). The Hall–Kier alpha value is -4.80. The third-order valence-electron chi connectivity index (χ3n) is 9.70. The molecule has 2 heterocycles. The number of allylic oxidation sites excluding steroid dienone is 5. The van der Waals surface area contributed by atoms with Crippen molar-refractivity contribution >= 4 is 17.1 Å². The molecule has 2 aliphatic heterocycles. The maximum atomic E-state index is 9.95. The Morgan fingerprint density at radius 1 is 0.829 bits per heavy atom. The van der Waals surface area contributed by atoms with Gasteiger partial charge < -0.3 is 9.80 Å². The van der Waals surface area contributed by atoms with Gasteiger partial charge in [-0.25, -0.2) is 0 Å². The molecule has 3 aliphatic carbocycles. The summed E-state index contributed by atoms with van der Waals surface area (Å²) in [4.78, 5) is 4.96. The van der Waals surface area contributed by atoms with Crippen LogP contribution in [-0.4, -0.2) is 12.1 Å². The van der Waals surface area contributed by atoms with Crippen LogP contribution in [0.4, 0.5) is 17.1 Å². The van der Waals surface area contributed by atoms with Gasteiger partial charge in [-0.15, -0.1) is 0 Å². The van der Waals surface area contributed by atoms with Crippen molar-refractivity contribution in [3.8, 4) is 23.3 Å². The van der Waals surface area contributed by atoms with Crippen LogP contribution in [0.3, 0.4) is 0 Å². The third kappa shape index (κ3) is 3.57. The largest absolute Gasteiger partial charge is 0.341 e. The van der Waals surface area contributed by atoms with E-state index in [-0.39, 0.29) is 12.0 Å². The fourth-order valence-corrected chi connectivity index (χ4v) is 8.09. The second-order valence-electron chi connectivity index (χ2n) is 11.7. The maximum absolute atomic E-state index is 9.95. The van der Waals surface area contributed by atoms with E-state index >= 15 is 0 Å². The number of hydrogen-bond donors (Lipinski definition) is 0. The van der Waals surface area contributed by atoms with E-state index in [2.05, 4.69) is 88.7 Å². The average molecular weight is 531 g/mol. The fourth-order valence-electron chi connectivity index (χ4n) is 8.09. The van der Waals surface area contributed by atoms with Gasteiger partial charge in [0.05, 0.1) is 23.4 Å². The van der Waals surface area contributed by atoms with Gasteiger partial charge in [-0.3, -0.25) is 0 Å². The topological polar surface area (TPSA) is 54.1 Å². The number of hydrogen-bond acceptors (Lipinski definition) is 4. The smallest absolute Gasteiger partial charge is 0.101 e. The molecule has 1 saturated carbocycles. The highest BCUT2D eigenvalue weighted by molar-refractivity contribution is 5.86. The molecular weight excluding hydrogens is 500 g/mol. The van der Waals surface area contributed by atoms with Gasteiger partial charge in [0.25, 0.3) is 0 Å². The molecule has 0 amide bonds. The maximum Gasteiger partial charge on any atom is 0.101 e. The molecule has 41 heavy (non-hydrogen) atoms. The summed E-state index contributed by atoms with van der Waals surface area (Å²) in [6.45, 7) is 0. The summed E-state index contributed by atoms with van der Waals surface area (Å²) in [5.74, 6) is 0.671. The summed E-state index contributed by atoms with van der Waals surface area (Å²) in [6.07, 6.45) is 17.0. The van der Waals surface area contributed by atoms with Gasteiger partial charge >= 0.3 is 0 Å². The van der Waals surface area contributed by atoms with Crippen LogP contribution in [-0.2, 0) is 0 Å². The predicted octanol–water partition coefficient (Wildman–Crippen LogP) is 8.44. The van der Waals surface area contributed by atoms with E-state index in [0.717, 1.165) is 24.2 Å². The molecule has 4 nitrogen and oxygen atoms in total. The van der Waals surface area contributed by atoms with Gasteiger partial charge in [0.15, 0.2) is 0 Å². The summed E-state index contributed by atoms with van der Waals surface area (Å²) in [7, 11) is 0. The Bertz CT molecular complexity index is 1790. The molecule has 4 heteroatoms. The SMILES string of the molecule is N#CC1=CC2c3c(-c4cccc(N5C6=C(C=CCC6)C6CCCC65)c4)cccc3N(c3ccccc3C#N)C2C=C1. The molecule has 198 valence electrons. The first-order chi connectivity index (χ1) is 20.3. The van der Waals surface area contributed by atoms with Gasteiger partial charge in [0.1, 0.15) is 6.07 Å². The highest BCUT2D eigenvalue weighted by Gasteiger charge is 2.44. The van der Waals surface area contributed by atoms with Crippen molar-refractivity contribution in [2.45, 2.75) is 50.1 Å². The van der Waals surface area contributed by atoms with Gasteiger partial charge in [-0.05, 0) is 84.4 Å². The van der Waals surface area contributed by atoms with Crippen molar-refractivity contribution in [2.24, 2.45) is 5.92 Å². The number of nitriles is 2. The van der Waals surface area contributed by atoms with Gasteiger partial charge in [0.2, 0.25) is 0 Å². The molecule has 0 radical (unpaired) electrons. The first kappa shape index (κ1) is 24.0. The molecule has 4 unspecified atom stereocenters. The molecule has 3 aromatic carbocycles. The third-order valence-corrected chi connectivity index (χ3v) is 9.70. The quantitative estimate of drug-likeness (QED) is 0.341. The molecule has 1 fully saturated rings. The van der Waals surface area contributed by atoms with Crippen LogP contribution >= 0.6 is 0 Å². The predicted molar refractivity (Wildman–Crippen MR) is 164 cm³/mol. The lowest BCUT2D eigenvalue weighted by Crippen LogP contribution is -2.31. The number of fused-ring (bicyclic) bond motifs is 5. The molecular formula is C37H30N4. The number of benzene rings is 3. The minimum Gasteiger partial charge on any atom is -0.341 e. The monoisotopic (exact) mass is 530 g/mol. The molecule has 0 aromatic heterocycles. The van der Waals surface area contributed by atoms with Crippen molar-refractivity contribution in [3.05, 3.63) is 125 Å². The second-order valence-corrected chi connectivity index (χ2v) is 11.7. The summed E-state index contributed by atoms with van der Waals surface area (Å²) >= 11 is 0. The highest BCUT2D eigenvalue weighted by Crippen LogP contribution is 2.53. The van der Waals surface area contributed by atoms with Crippen molar-refractivity contribution in [3.63, 3.8) is 0 Å². The van der Waals surface area contributed by atoms with Gasteiger partial charge in [0, 0.05) is 40.5 Å².